The molecule has 0 spiro atoms. The first-order valence-electron chi connectivity index (χ1n) is 9.42. The highest BCUT2D eigenvalue weighted by Gasteiger charge is 2.31. The molecule has 1 fully saturated rings. The number of amides is 1. The number of rotatable bonds is 7. The lowest BCUT2D eigenvalue weighted by molar-refractivity contribution is -0.131. The van der Waals surface area contributed by atoms with Gasteiger partial charge in [0.05, 0.1) is 5.69 Å². The Labute approximate surface area is 170 Å². The molecule has 1 N–H and O–H groups in total. The van der Waals surface area contributed by atoms with Gasteiger partial charge < -0.3 is 10.2 Å². The molecule has 2 aromatic heterocycles. The first-order chi connectivity index (χ1) is 13.5. The number of halogens is 1. The van der Waals surface area contributed by atoms with Crippen molar-refractivity contribution in [2.24, 2.45) is 5.92 Å². The van der Waals surface area contributed by atoms with Gasteiger partial charge >= 0.3 is 0 Å². The lowest BCUT2D eigenvalue weighted by atomic mass is 10.0. The summed E-state index contributed by atoms with van der Waals surface area (Å²) in [5.74, 6) is 1.29. The predicted molar refractivity (Wildman–Crippen MR) is 112 cm³/mol. The fraction of sp³-hybridized carbons (Fsp3) is 0.350. The quantitative estimate of drug-likeness (QED) is 0.495. The predicted octanol–water partition coefficient (Wildman–Crippen LogP) is 2.51. The van der Waals surface area contributed by atoms with Crippen LogP contribution in [0.4, 0.5) is 5.82 Å². The van der Waals surface area contributed by atoms with Crippen LogP contribution in [0.5, 0.6) is 0 Å². The maximum atomic E-state index is 12.0. The van der Waals surface area contributed by atoms with Gasteiger partial charge in [-0.15, -0.1) is 0 Å². The van der Waals surface area contributed by atoms with Crippen LogP contribution in [0.1, 0.15) is 19.3 Å². The number of nitrogens with one attached hydrogen (secondary N) is 1. The van der Waals surface area contributed by atoms with E-state index in [1.54, 1.807) is 10.7 Å². The first-order valence-corrected chi connectivity index (χ1v) is 9.80. The van der Waals surface area contributed by atoms with Crippen molar-refractivity contribution in [3.8, 4) is 11.3 Å². The van der Waals surface area contributed by atoms with Crippen LogP contribution in [0.15, 0.2) is 36.5 Å². The van der Waals surface area contributed by atoms with Gasteiger partial charge in [-0.3, -0.25) is 4.79 Å². The Balaban J connectivity index is 1.51. The summed E-state index contributed by atoms with van der Waals surface area (Å²) < 4.78 is 1.69. The summed E-state index contributed by atoms with van der Waals surface area (Å²) in [5, 5.41) is 8.34. The molecule has 0 saturated heterocycles. The van der Waals surface area contributed by atoms with Gasteiger partial charge in [-0.2, -0.15) is 9.61 Å². The summed E-state index contributed by atoms with van der Waals surface area (Å²) in [5.41, 5.74) is 2.66. The molecule has 142 valence electrons. The topological polar surface area (TPSA) is 62.5 Å². The van der Waals surface area contributed by atoms with Crippen LogP contribution >= 0.6 is 11.6 Å². The summed E-state index contributed by atoms with van der Waals surface area (Å²) in [6.07, 6.45) is 4.48. The molecule has 1 aliphatic carbocycles. The molecule has 1 saturated carbocycles. The molecule has 0 bridgehead atoms. The second-order valence-corrected chi connectivity index (χ2v) is 7.56. The van der Waals surface area contributed by atoms with Crippen molar-refractivity contribution in [3.63, 3.8) is 0 Å². The summed E-state index contributed by atoms with van der Waals surface area (Å²) in [6, 6.07) is 9.49. The van der Waals surface area contributed by atoms with Crippen LogP contribution in [0.2, 0.25) is 5.02 Å². The van der Waals surface area contributed by atoms with Crippen LogP contribution in [-0.4, -0.2) is 53.4 Å². The van der Waals surface area contributed by atoms with E-state index in [0.29, 0.717) is 22.7 Å². The Hall–Kier alpha value is -2.54. The minimum absolute atomic E-state index is 0.253. The number of hydrogen-bond donors (Lipinski definition) is 1. The lowest BCUT2D eigenvalue weighted by Crippen LogP contribution is -2.30. The van der Waals surface area contributed by atoms with Gasteiger partial charge in [0.1, 0.15) is 13.7 Å². The van der Waals surface area contributed by atoms with E-state index in [1.165, 1.54) is 0 Å². The summed E-state index contributed by atoms with van der Waals surface area (Å²) in [4.78, 5) is 18.5. The molecular weight excluding hydrogens is 373 g/mol. The zero-order chi connectivity index (χ0) is 19.7. The van der Waals surface area contributed by atoms with E-state index in [0.717, 1.165) is 42.9 Å². The third-order valence-electron chi connectivity index (χ3n) is 4.93. The van der Waals surface area contributed by atoms with Crippen molar-refractivity contribution in [1.29, 1.82) is 0 Å². The fourth-order valence-corrected chi connectivity index (χ4v) is 3.43. The molecular formula is C20H21BClN5O. The molecule has 28 heavy (non-hydrogen) atoms. The molecule has 2 radical (unpaired) electrons. The highest BCUT2D eigenvalue weighted by molar-refractivity contribution is 6.36. The Morgan fingerprint density at radius 3 is 2.93 bits per heavy atom. The number of benzene rings is 1. The zero-order valence-corrected chi connectivity index (χ0v) is 16.5. The van der Waals surface area contributed by atoms with E-state index in [9.17, 15) is 4.79 Å². The first kappa shape index (κ1) is 18.8. The number of hydrogen-bond acceptors (Lipinski definition) is 4. The van der Waals surface area contributed by atoms with Gasteiger partial charge in [0.2, 0.25) is 5.91 Å². The van der Waals surface area contributed by atoms with Crippen molar-refractivity contribution < 1.29 is 4.79 Å². The number of nitrogens with zero attached hydrogens (tertiary/aromatic N) is 4. The maximum absolute atomic E-state index is 12.0. The van der Waals surface area contributed by atoms with Crippen molar-refractivity contribution in [3.05, 3.63) is 41.6 Å². The molecule has 8 heteroatoms. The number of anilines is 1. The standard InChI is InChI=1S/C20H21BClN5O/c1-26(20(28)13-7-8-13)10-4-9-23-18-11-17(14-5-2-3-6-16(14)22)25-19-15(21)12-24-27(18)19/h2-3,5-6,11-13,23H,4,7-10H2,1H3. The van der Waals surface area contributed by atoms with Gasteiger partial charge in [-0.25, -0.2) is 4.98 Å². The normalized spacial score (nSPS) is 13.6. The Morgan fingerprint density at radius 1 is 1.39 bits per heavy atom. The molecule has 1 amide bonds. The van der Waals surface area contributed by atoms with E-state index >= 15 is 0 Å². The van der Waals surface area contributed by atoms with Gasteiger partial charge in [-0.05, 0) is 30.8 Å². The molecule has 0 unspecified atom stereocenters. The minimum Gasteiger partial charge on any atom is -0.370 e. The van der Waals surface area contributed by atoms with E-state index in [4.69, 9.17) is 19.4 Å². The molecule has 2 heterocycles. The van der Waals surface area contributed by atoms with Crippen molar-refractivity contribution in [2.45, 2.75) is 19.3 Å². The highest BCUT2D eigenvalue weighted by atomic mass is 35.5. The summed E-state index contributed by atoms with van der Waals surface area (Å²) >= 11 is 6.35. The van der Waals surface area contributed by atoms with Crippen LogP contribution in [-0.2, 0) is 4.79 Å². The van der Waals surface area contributed by atoms with E-state index in [-0.39, 0.29) is 11.8 Å². The Kier molecular flexibility index (Phi) is 5.26. The Bertz CT molecular complexity index is 1020. The minimum atomic E-state index is 0.253. The van der Waals surface area contributed by atoms with E-state index < -0.39 is 0 Å². The molecule has 6 nitrogen and oxygen atoms in total. The second-order valence-electron chi connectivity index (χ2n) is 7.16. The van der Waals surface area contributed by atoms with E-state index in [1.807, 2.05) is 42.3 Å². The van der Waals surface area contributed by atoms with Crippen molar-refractivity contribution in [1.82, 2.24) is 19.5 Å². The summed E-state index contributed by atoms with van der Waals surface area (Å²) in [7, 11) is 7.91. The van der Waals surface area contributed by atoms with Crippen molar-refractivity contribution in [2.75, 3.05) is 25.5 Å². The fourth-order valence-electron chi connectivity index (χ4n) is 3.20. The average Bonchev–Trinajstić information content (AvgIpc) is 3.48. The monoisotopic (exact) mass is 393 g/mol. The van der Waals surface area contributed by atoms with Gasteiger partial charge in [0.15, 0.2) is 5.65 Å². The molecule has 0 aliphatic heterocycles. The largest absolute Gasteiger partial charge is 0.370 e. The number of aromatic nitrogens is 3. The highest BCUT2D eigenvalue weighted by Crippen LogP contribution is 2.30. The van der Waals surface area contributed by atoms with Crippen LogP contribution < -0.4 is 10.8 Å². The third-order valence-corrected chi connectivity index (χ3v) is 5.26. The Morgan fingerprint density at radius 2 is 2.18 bits per heavy atom. The van der Waals surface area contributed by atoms with Crippen LogP contribution in [0, 0.1) is 5.92 Å². The lowest BCUT2D eigenvalue weighted by Gasteiger charge is -2.17. The van der Waals surface area contributed by atoms with Gasteiger partial charge in [0.25, 0.3) is 0 Å². The second kappa shape index (κ2) is 7.83. The van der Waals surface area contributed by atoms with Gasteiger partial charge in [-0.1, -0.05) is 29.8 Å². The molecule has 1 aromatic carbocycles. The number of fused-ring (bicyclic) bond motifs is 1. The SMILES string of the molecule is [B]c1cnn2c(NCCCN(C)C(=O)C3CC3)cc(-c3ccccc3Cl)nc12. The number of carbonyl (C=O) groups is 1. The summed E-state index contributed by atoms with van der Waals surface area (Å²) in [6.45, 7) is 1.41. The smallest absolute Gasteiger partial charge is 0.225 e. The van der Waals surface area contributed by atoms with Crippen LogP contribution in [0.3, 0.4) is 0 Å². The van der Waals surface area contributed by atoms with Crippen molar-refractivity contribution >= 4 is 42.3 Å². The van der Waals surface area contributed by atoms with E-state index in [2.05, 4.69) is 15.4 Å². The molecule has 1 aliphatic rings. The van der Waals surface area contributed by atoms with Crippen LogP contribution in [0.25, 0.3) is 16.9 Å². The molecule has 0 atom stereocenters. The molecule has 3 aromatic rings. The third kappa shape index (κ3) is 3.85. The zero-order valence-electron chi connectivity index (χ0n) is 15.7. The molecule has 4 rings (SSSR count). The average molecular weight is 394 g/mol. The number of carbonyl (C=O) groups excluding carboxylic acids is 1. The maximum Gasteiger partial charge on any atom is 0.225 e. The van der Waals surface area contributed by atoms with Gasteiger partial charge in [0, 0.05) is 48.9 Å².